The third-order valence-electron chi connectivity index (χ3n) is 6.49. The third-order valence-corrected chi connectivity index (χ3v) is 6.49. The Balaban J connectivity index is 1.46. The molecule has 0 bridgehead atoms. The van der Waals surface area contributed by atoms with Gasteiger partial charge in [-0.25, -0.2) is 13.6 Å². The van der Waals surface area contributed by atoms with E-state index in [1.807, 2.05) is 25.7 Å². The van der Waals surface area contributed by atoms with E-state index < -0.39 is 11.4 Å². The van der Waals surface area contributed by atoms with Gasteiger partial charge in [0, 0.05) is 38.6 Å². The summed E-state index contributed by atoms with van der Waals surface area (Å²) >= 11 is 0. The predicted octanol–water partition coefficient (Wildman–Crippen LogP) is 4.78. The number of hydrogen-bond acceptors (Lipinski definition) is 4. The molecule has 0 N–H and O–H groups in total. The molecule has 6 nitrogen and oxygen atoms in total. The van der Waals surface area contributed by atoms with Gasteiger partial charge in [0.2, 0.25) is 5.91 Å². The van der Waals surface area contributed by atoms with E-state index in [9.17, 15) is 18.4 Å². The number of carbonyl (C=O) groups is 2. The van der Waals surface area contributed by atoms with Crippen LogP contribution in [0.2, 0.25) is 0 Å². The van der Waals surface area contributed by atoms with Crippen LogP contribution in [0.25, 0.3) is 0 Å². The van der Waals surface area contributed by atoms with Crippen LogP contribution in [0.15, 0.2) is 42.5 Å². The predicted molar refractivity (Wildman–Crippen MR) is 130 cm³/mol. The Bertz CT molecular complexity index is 1060. The summed E-state index contributed by atoms with van der Waals surface area (Å²) in [6, 6.07) is 11.0. The SMILES string of the molecule is CC(C)(C)OC(=O)N1CCN(CC(=O)N2CCCC(c3ccc(F)cc3)c3ccc(F)cc32)CC1. The Morgan fingerprint density at radius 1 is 0.943 bits per heavy atom. The first kappa shape index (κ1) is 25.1. The Kier molecular flexibility index (Phi) is 7.40. The van der Waals surface area contributed by atoms with Crippen molar-refractivity contribution in [1.29, 1.82) is 0 Å². The van der Waals surface area contributed by atoms with E-state index in [1.165, 1.54) is 24.3 Å². The molecule has 188 valence electrons. The van der Waals surface area contributed by atoms with Gasteiger partial charge in [0.15, 0.2) is 0 Å². The molecule has 0 aromatic heterocycles. The number of anilines is 1. The minimum absolute atomic E-state index is 0.0404. The zero-order valence-electron chi connectivity index (χ0n) is 20.6. The zero-order chi connectivity index (χ0) is 25.2. The summed E-state index contributed by atoms with van der Waals surface area (Å²) in [5, 5.41) is 0. The van der Waals surface area contributed by atoms with Gasteiger partial charge in [0.25, 0.3) is 0 Å². The van der Waals surface area contributed by atoms with Gasteiger partial charge in [-0.15, -0.1) is 0 Å². The second kappa shape index (κ2) is 10.3. The molecule has 8 heteroatoms. The largest absolute Gasteiger partial charge is 0.444 e. The standard InChI is InChI=1S/C27H33F2N3O3/c1-27(2,3)35-26(34)31-15-13-30(14-16-31)18-25(33)32-12-4-5-22(19-6-8-20(28)9-7-19)23-11-10-21(29)17-24(23)32/h6-11,17,22H,4-5,12-16,18H2,1-3H3. The van der Waals surface area contributed by atoms with Gasteiger partial charge >= 0.3 is 6.09 Å². The number of hydrogen-bond donors (Lipinski definition) is 0. The highest BCUT2D eigenvalue weighted by molar-refractivity contribution is 5.96. The van der Waals surface area contributed by atoms with E-state index in [0.717, 1.165) is 24.0 Å². The summed E-state index contributed by atoms with van der Waals surface area (Å²) in [4.78, 5) is 31.1. The molecule has 1 fully saturated rings. The van der Waals surface area contributed by atoms with Crippen LogP contribution in [-0.4, -0.2) is 66.7 Å². The van der Waals surface area contributed by atoms with Crippen molar-refractivity contribution in [2.75, 3.05) is 44.2 Å². The summed E-state index contributed by atoms with van der Waals surface area (Å²) < 4.78 is 33.2. The van der Waals surface area contributed by atoms with Crippen LogP contribution in [0.3, 0.4) is 0 Å². The molecule has 2 aromatic rings. The van der Waals surface area contributed by atoms with Crippen LogP contribution < -0.4 is 4.90 Å². The fraction of sp³-hybridized carbons (Fsp3) is 0.481. The molecule has 2 aromatic carbocycles. The van der Waals surface area contributed by atoms with Gasteiger partial charge in [-0.05, 0) is 69.0 Å². The van der Waals surface area contributed by atoms with E-state index in [1.54, 1.807) is 28.0 Å². The van der Waals surface area contributed by atoms with Crippen molar-refractivity contribution in [2.45, 2.75) is 45.1 Å². The number of piperazine rings is 1. The van der Waals surface area contributed by atoms with Gasteiger partial charge in [0.05, 0.1) is 12.2 Å². The van der Waals surface area contributed by atoms with Gasteiger partial charge in [-0.3, -0.25) is 9.69 Å². The molecule has 0 saturated carbocycles. The molecule has 2 amide bonds. The molecule has 2 heterocycles. The van der Waals surface area contributed by atoms with Crippen LogP contribution >= 0.6 is 0 Å². The second-order valence-electron chi connectivity index (χ2n) is 10.2. The normalized spacial score (nSPS) is 19.2. The molecule has 0 spiro atoms. The van der Waals surface area contributed by atoms with Crippen molar-refractivity contribution >= 4 is 17.7 Å². The van der Waals surface area contributed by atoms with Gasteiger partial charge in [0.1, 0.15) is 17.2 Å². The van der Waals surface area contributed by atoms with Crippen molar-refractivity contribution in [2.24, 2.45) is 0 Å². The average Bonchev–Trinajstić information content (AvgIpc) is 2.98. The highest BCUT2D eigenvalue weighted by Gasteiger charge is 2.31. The highest BCUT2D eigenvalue weighted by atomic mass is 19.1. The summed E-state index contributed by atoms with van der Waals surface area (Å²) in [6.45, 7) is 8.29. The fourth-order valence-corrected chi connectivity index (χ4v) is 4.77. The Hall–Kier alpha value is -3.00. The number of fused-ring (bicyclic) bond motifs is 1. The Morgan fingerprint density at radius 3 is 2.26 bits per heavy atom. The Labute approximate surface area is 205 Å². The summed E-state index contributed by atoms with van der Waals surface area (Å²) in [5.74, 6) is -0.832. The Morgan fingerprint density at radius 2 is 1.60 bits per heavy atom. The number of nitrogens with zero attached hydrogens (tertiary/aromatic N) is 3. The molecule has 1 saturated heterocycles. The summed E-state index contributed by atoms with van der Waals surface area (Å²) in [6.07, 6.45) is 1.19. The van der Waals surface area contributed by atoms with Crippen molar-refractivity contribution < 1.29 is 23.1 Å². The van der Waals surface area contributed by atoms with E-state index >= 15 is 0 Å². The molecule has 2 aliphatic rings. The van der Waals surface area contributed by atoms with Crippen LogP contribution in [0.4, 0.5) is 19.3 Å². The monoisotopic (exact) mass is 485 g/mol. The number of ether oxygens (including phenoxy) is 1. The molecule has 0 radical (unpaired) electrons. The van der Waals surface area contributed by atoms with Crippen molar-refractivity contribution in [3.8, 4) is 0 Å². The number of amides is 2. The first-order chi connectivity index (χ1) is 16.6. The van der Waals surface area contributed by atoms with E-state index in [2.05, 4.69) is 0 Å². The van der Waals surface area contributed by atoms with Gasteiger partial charge in [-0.1, -0.05) is 18.2 Å². The van der Waals surface area contributed by atoms with E-state index in [4.69, 9.17) is 4.74 Å². The van der Waals surface area contributed by atoms with Crippen LogP contribution in [0, 0.1) is 11.6 Å². The average molecular weight is 486 g/mol. The van der Waals surface area contributed by atoms with Crippen molar-refractivity contribution in [3.05, 3.63) is 65.2 Å². The van der Waals surface area contributed by atoms with Crippen LogP contribution in [0.5, 0.6) is 0 Å². The van der Waals surface area contributed by atoms with Crippen LogP contribution in [-0.2, 0) is 9.53 Å². The van der Waals surface area contributed by atoms with Crippen molar-refractivity contribution in [3.63, 3.8) is 0 Å². The first-order valence-electron chi connectivity index (χ1n) is 12.2. The number of carbonyl (C=O) groups excluding carboxylic acids is 2. The summed E-state index contributed by atoms with van der Waals surface area (Å²) in [5.41, 5.74) is 1.85. The van der Waals surface area contributed by atoms with Crippen LogP contribution in [0.1, 0.15) is 50.7 Å². The van der Waals surface area contributed by atoms with Crippen molar-refractivity contribution in [1.82, 2.24) is 9.80 Å². The quantitative estimate of drug-likeness (QED) is 0.628. The smallest absolute Gasteiger partial charge is 0.410 e. The molecule has 35 heavy (non-hydrogen) atoms. The number of halogens is 2. The molecule has 2 aliphatic heterocycles. The maximum Gasteiger partial charge on any atom is 0.410 e. The lowest BCUT2D eigenvalue weighted by Gasteiger charge is -2.36. The lowest BCUT2D eigenvalue weighted by molar-refractivity contribution is -0.120. The second-order valence-corrected chi connectivity index (χ2v) is 10.2. The molecule has 0 aliphatic carbocycles. The number of benzene rings is 2. The fourth-order valence-electron chi connectivity index (χ4n) is 4.77. The first-order valence-corrected chi connectivity index (χ1v) is 12.2. The topological polar surface area (TPSA) is 53.1 Å². The lowest BCUT2D eigenvalue weighted by Crippen LogP contribution is -2.52. The number of rotatable bonds is 3. The molecule has 1 unspecified atom stereocenters. The maximum absolute atomic E-state index is 14.3. The molecular weight excluding hydrogens is 452 g/mol. The minimum atomic E-state index is -0.550. The zero-order valence-corrected chi connectivity index (χ0v) is 20.6. The van der Waals surface area contributed by atoms with E-state index in [-0.39, 0.29) is 30.3 Å². The molecular formula is C27H33F2N3O3. The third kappa shape index (κ3) is 6.17. The highest BCUT2D eigenvalue weighted by Crippen LogP contribution is 2.39. The molecule has 4 rings (SSSR count). The maximum atomic E-state index is 14.3. The van der Waals surface area contributed by atoms with Gasteiger partial charge in [-0.2, -0.15) is 0 Å². The summed E-state index contributed by atoms with van der Waals surface area (Å²) in [7, 11) is 0. The lowest BCUT2D eigenvalue weighted by atomic mass is 9.87. The molecule has 1 atom stereocenters. The van der Waals surface area contributed by atoms with E-state index in [0.29, 0.717) is 38.4 Å². The minimum Gasteiger partial charge on any atom is -0.444 e. The van der Waals surface area contributed by atoms with Gasteiger partial charge < -0.3 is 14.5 Å².